The molecule has 6 N–H and O–H groups in total. The van der Waals surface area contributed by atoms with Crippen LogP contribution in [0.4, 0.5) is 0 Å². The molecule has 0 unspecified atom stereocenters. The molecule has 116 valence electrons. The van der Waals surface area contributed by atoms with Crippen molar-refractivity contribution in [1.29, 1.82) is 0 Å². The van der Waals surface area contributed by atoms with E-state index in [9.17, 15) is 24.4 Å². The van der Waals surface area contributed by atoms with E-state index in [1.165, 1.54) is 0 Å². The van der Waals surface area contributed by atoms with Gasteiger partial charge in [0, 0.05) is 0 Å². The highest BCUT2D eigenvalue weighted by Crippen LogP contribution is 2.37. The molecule has 1 fully saturated rings. The molecule has 11 nitrogen and oxygen atoms in total. The third-order valence-electron chi connectivity index (χ3n) is 2.42. The van der Waals surface area contributed by atoms with Gasteiger partial charge in [0.05, 0.1) is 13.2 Å². The molecule has 1 aliphatic rings. The topological polar surface area (TPSA) is 175 Å². The Kier molecular flexibility index (Phi) is 6.02. The monoisotopic (exact) mass is 314 g/mol. The van der Waals surface area contributed by atoms with Gasteiger partial charge >= 0.3 is 7.82 Å². The summed E-state index contributed by atoms with van der Waals surface area (Å²) in [5, 5.41) is 23.4. The number of phosphoric ester groups is 1. The Morgan fingerprint density at radius 3 is 2.55 bits per heavy atom. The molecule has 0 aromatic carbocycles. The predicted molar refractivity (Wildman–Crippen MR) is 60.9 cm³/mol. The van der Waals surface area contributed by atoms with Crippen molar-refractivity contribution in [1.82, 2.24) is 10.6 Å². The molecule has 1 heterocycles. The van der Waals surface area contributed by atoms with Gasteiger partial charge < -0.3 is 35.4 Å². The summed E-state index contributed by atoms with van der Waals surface area (Å²) in [6.07, 6.45) is -5.19. The molecule has 1 aliphatic heterocycles. The number of amides is 2. The second-order valence-corrected chi connectivity index (χ2v) is 5.17. The number of rotatable bonds is 7. The van der Waals surface area contributed by atoms with Crippen LogP contribution in [0.5, 0.6) is 0 Å². The van der Waals surface area contributed by atoms with Crippen molar-refractivity contribution in [2.75, 3.05) is 13.2 Å². The van der Waals surface area contributed by atoms with E-state index in [0.717, 1.165) is 0 Å². The molecule has 12 heteroatoms. The number of carbonyl (C=O) groups excluding carboxylic acids is 2. The van der Waals surface area contributed by atoms with E-state index >= 15 is 0 Å². The summed E-state index contributed by atoms with van der Waals surface area (Å²) in [6.45, 7) is -1.02. The maximum atomic E-state index is 11.3. The maximum Gasteiger partial charge on any atom is 0.469 e. The fourth-order valence-corrected chi connectivity index (χ4v) is 1.86. The highest BCUT2D eigenvalue weighted by atomic mass is 31.2. The van der Waals surface area contributed by atoms with E-state index in [4.69, 9.17) is 14.5 Å². The van der Waals surface area contributed by atoms with Gasteiger partial charge in [-0.15, -0.1) is 0 Å². The van der Waals surface area contributed by atoms with Crippen molar-refractivity contribution in [3.05, 3.63) is 0 Å². The van der Waals surface area contributed by atoms with E-state index in [2.05, 4.69) is 15.2 Å². The lowest BCUT2D eigenvalue weighted by molar-refractivity contribution is -0.127. The van der Waals surface area contributed by atoms with Gasteiger partial charge in [-0.1, -0.05) is 0 Å². The standard InChI is InChI=1S/C8H15N2O9P/c11-3-9-1-5(12)10-8-7(14)6(13)4(19-8)2-18-20(15,16)17/h3-4,6-8,13-14H,1-2H2,(H,9,11)(H,10,12)(H2,15,16,17)/t4-,6-,7-,8-/m0/s1. The van der Waals surface area contributed by atoms with Crippen LogP contribution in [0.2, 0.25) is 0 Å². The molecule has 0 saturated carbocycles. The van der Waals surface area contributed by atoms with Gasteiger partial charge in [0.25, 0.3) is 0 Å². The van der Waals surface area contributed by atoms with Crippen molar-refractivity contribution in [3.63, 3.8) is 0 Å². The van der Waals surface area contributed by atoms with Gasteiger partial charge in [-0.2, -0.15) is 0 Å². The fraction of sp³-hybridized carbons (Fsp3) is 0.750. The third-order valence-corrected chi connectivity index (χ3v) is 2.90. The minimum atomic E-state index is -4.74. The number of hydrogen-bond donors (Lipinski definition) is 6. The number of aliphatic hydroxyl groups excluding tert-OH is 2. The highest BCUT2D eigenvalue weighted by Gasteiger charge is 2.44. The van der Waals surface area contributed by atoms with Crippen LogP contribution in [0.15, 0.2) is 0 Å². The first-order chi connectivity index (χ1) is 9.24. The summed E-state index contributed by atoms with van der Waals surface area (Å²) < 4.78 is 19.7. The normalized spacial score (nSPS) is 30.0. The lowest BCUT2D eigenvalue weighted by Crippen LogP contribution is -2.46. The number of hydrogen-bond acceptors (Lipinski definition) is 7. The van der Waals surface area contributed by atoms with Crippen molar-refractivity contribution >= 4 is 20.1 Å². The molecule has 0 aromatic rings. The Hall–Kier alpha value is -1.07. The quantitative estimate of drug-likeness (QED) is 0.205. The number of nitrogens with one attached hydrogen (secondary N) is 2. The average Bonchev–Trinajstić information content (AvgIpc) is 2.61. The van der Waals surface area contributed by atoms with E-state index in [1.807, 2.05) is 0 Å². The smallest absolute Gasteiger partial charge is 0.387 e. The van der Waals surface area contributed by atoms with Crippen LogP contribution < -0.4 is 10.6 Å². The van der Waals surface area contributed by atoms with Crippen LogP contribution >= 0.6 is 7.82 Å². The van der Waals surface area contributed by atoms with Gasteiger partial charge in [-0.05, 0) is 0 Å². The van der Waals surface area contributed by atoms with Gasteiger partial charge in [-0.25, -0.2) is 4.57 Å². The predicted octanol–water partition coefficient (Wildman–Crippen LogP) is -3.60. The molecular weight excluding hydrogens is 299 g/mol. The van der Waals surface area contributed by atoms with Crippen LogP contribution in [0.3, 0.4) is 0 Å². The Morgan fingerprint density at radius 1 is 1.35 bits per heavy atom. The van der Waals surface area contributed by atoms with Gasteiger partial charge in [0.2, 0.25) is 12.3 Å². The zero-order valence-electron chi connectivity index (χ0n) is 10.1. The summed E-state index contributed by atoms with van der Waals surface area (Å²) in [4.78, 5) is 38.3. The minimum absolute atomic E-state index is 0.303. The van der Waals surface area contributed by atoms with Crippen LogP contribution in [0.25, 0.3) is 0 Å². The molecule has 2 amide bonds. The summed E-state index contributed by atoms with van der Waals surface area (Å²) in [5.74, 6) is -0.676. The molecule has 0 spiro atoms. The summed E-state index contributed by atoms with van der Waals surface area (Å²) in [6, 6.07) is 0. The Balaban J connectivity index is 2.49. The van der Waals surface area contributed by atoms with E-state index in [-0.39, 0.29) is 6.54 Å². The summed E-state index contributed by atoms with van der Waals surface area (Å²) in [5.41, 5.74) is 0. The third kappa shape index (κ3) is 5.13. The first-order valence-electron chi connectivity index (χ1n) is 5.42. The van der Waals surface area contributed by atoms with Gasteiger partial charge in [0.1, 0.15) is 18.3 Å². The SMILES string of the molecule is O=CNCC(=O)N[C@H]1O[C@@H](COP(=O)(O)O)[C@H](O)[C@@H]1O. The lowest BCUT2D eigenvalue weighted by atomic mass is 10.1. The van der Waals surface area contributed by atoms with E-state index in [0.29, 0.717) is 6.41 Å². The summed E-state index contributed by atoms with van der Waals surface area (Å²) in [7, 11) is -4.74. The van der Waals surface area contributed by atoms with Crippen molar-refractivity contribution in [3.8, 4) is 0 Å². The first kappa shape index (κ1) is 17.0. The molecule has 4 atom stereocenters. The molecular formula is C8H15N2O9P. The molecule has 0 bridgehead atoms. The summed E-state index contributed by atoms with van der Waals surface area (Å²) >= 11 is 0. The molecule has 1 saturated heterocycles. The Morgan fingerprint density at radius 2 is 2.00 bits per heavy atom. The second-order valence-electron chi connectivity index (χ2n) is 3.93. The first-order valence-corrected chi connectivity index (χ1v) is 6.95. The number of phosphoric acid groups is 1. The number of aliphatic hydroxyl groups is 2. The van der Waals surface area contributed by atoms with Crippen LogP contribution in [0, 0.1) is 0 Å². The van der Waals surface area contributed by atoms with Crippen molar-refractivity contribution in [2.45, 2.75) is 24.5 Å². The number of carbonyl (C=O) groups is 2. The fourth-order valence-electron chi connectivity index (χ4n) is 1.52. The van der Waals surface area contributed by atoms with Crippen molar-refractivity contribution in [2.24, 2.45) is 0 Å². The van der Waals surface area contributed by atoms with Crippen LogP contribution in [0.1, 0.15) is 0 Å². The van der Waals surface area contributed by atoms with E-state index in [1.54, 1.807) is 0 Å². The van der Waals surface area contributed by atoms with Crippen molar-refractivity contribution < 1.29 is 43.4 Å². The zero-order valence-corrected chi connectivity index (χ0v) is 11.0. The molecule has 20 heavy (non-hydrogen) atoms. The van der Waals surface area contributed by atoms with Crippen LogP contribution in [-0.2, 0) is 23.4 Å². The largest absolute Gasteiger partial charge is 0.469 e. The molecule has 0 aliphatic carbocycles. The minimum Gasteiger partial charge on any atom is -0.387 e. The lowest BCUT2D eigenvalue weighted by Gasteiger charge is -2.16. The number of ether oxygens (including phenoxy) is 1. The average molecular weight is 314 g/mol. The second kappa shape index (κ2) is 7.09. The van der Waals surface area contributed by atoms with E-state index < -0.39 is 44.9 Å². The molecule has 0 aromatic heterocycles. The molecule has 1 rings (SSSR count). The highest BCUT2D eigenvalue weighted by molar-refractivity contribution is 7.46. The zero-order chi connectivity index (χ0) is 15.3. The van der Waals surface area contributed by atoms with Crippen LogP contribution in [-0.4, -0.2) is 70.0 Å². The molecule has 0 radical (unpaired) electrons. The maximum absolute atomic E-state index is 11.3. The Bertz CT molecular complexity index is 399. The van der Waals surface area contributed by atoms with Gasteiger partial charge in [0.15, 0.2) is 6.23 Å². The van der Waals surface area contributed by atoms with Gasteiger partial charge in [-0.3, -0.25) is 14.1 Å². The Labute approximate surface area is 113 Å².